The summed E-state index contributed by atoms with van der Waals surface area (Å²) in [6, 6.07) is 2.90. The van der Waals surface area contributed by atoms with Crippen LogP contribution in [-0.2, 0) is 4.79 Å². The Hall–Kier alpha value is -1.47. The summed E-state index contributed by atoms with van der Waals surface area (Å²) in [6.45, 7) is 3.58. The summed E-state index contributed by atoms with van der Waals surface area (Å²) in [5, 5.41) is 9.40. The smallest absolute Gasteiger partial charge is 0.293 e. The minimum atomic E-state index is -0.307. The van der Waals surface area contributed by atoms with Gasteiger partial charge < -0.3 is 9.84 Å². The molecule has 0 spiro atoms. The van der Waals surface area contributed by atoms with Crippen LogP contribution in [0.2, 0.25) is 0 Å². The monoisotopic (exact) mass is 371 g/mol. The van der Waals surface area contributed by atoms with Crippen LogP contribution in [0.25, 0.3) is 6.08 Å². The Balaban J connectivity index is 2.41. The molecule has 1 saturated heterocycles. The first kappa shape index (κ1) is 15.9. The minimum Gasteiger partial charge on any atom is -0.504 e. The summed E-state index contributed by atoms with van der Waals surface area (Å²) >= 11 is 4.22. The number of benzene rings is 1. The number of imide groups is 1. The van der Waals surface area contributed by atoms with Crippen LogP contribution >= 0.6 is 27.7 Å². The second-order valence-electron chi connectivity index (χ2n) is 4.69. The van der Waals surface area contributed by atoms with Crippen molar-refractivity contribution in [3.63, 3.8) is 0 Å². The predicted molar refractivity (Wildman–Crippen MR) is 85.3 cm³/mol. The first-order valence-electron chi connectivity index (χ1n) is 6.18. The van der Waals surface area contributed by atoms with Crippen molar-refractivity contribution in [2.75, 3.05) is 7.11 Å². The number of nitrogens with zero attached hydrogens (tertiary/aromatic N) is 1. The maximum atomic E-state index is 12.2. The summed E-state index contributed by atoms with van der Waals surface area (Å²) < 4.78 is 5.65. The topological polar surface area (TPSA) is 66.8 Å². The van der Waals surface area contributed by atoms with Gasteiger partial charge in [0.2, 0.25) is 0 Å². The van der Waals surface area contributed by atoms with E-state index in [1.165, 1.54) is 18.1 Å². The number of ether oxygens (including phenoxy) is 1. The van der Waals surface area contributed by atoms with Gasteiger partial charge in [0, 0.05) is 10.5 Å². The zero-order chi connectivity index (χ0) is 15.7. The number of phenolic OH excluding ortho intramolecular Hbond substituents is 1. The van der Waals surface area contributed by atoms with Gasteiger partial charge in [0.05, 0.1) is 12.0 Å². The van der Waals surface area contributed by atoms with E-state index >= 15 is 0 Å². The predicted octanol–water partition coefficient (Wildman–Crippen LogP) is 3.61. The largest absolute Gasteiger partial charge is 0.504 e. The Morgan fingerprint density at radius 2 is 2.05 bits per heavy atom. The number of carbonyl (C=O) groups is 2. The number of rotatable bonds is 3. The Bertz CT molecular complexity index is 642. The number of carbonyl (C=O) groups excluding carboxylic acids is 2. The highest BCUT2D eigenvalue weighted by atomic mass is 79.9. The van der Waals surface area contributed by atoms with Gasteiger partial charge in [0.1, 0.15) is 0 Å². The fourth-order valence-corrected chi connectivity index (χ4v) is 3.30. The molecule has 0 aromatic heterocycles. The summed E-state index contributed by atoms with van der Waals surface area (Å²) in [4.78, 5) is 25.6. The molecular formula is C14H14BrNO4S. The minimum absolute atomic E-state index is 0.00295. The van der Waals surface area contributed by atoms with E-state index in [9.17, 15) is 14.7 Å². The van der Waals surface area contributed by atoms with Crippen LogP contribution in [0.1, 0.15) is 19.4 Å². The van der Waals surface area contributed by atoms with Gasteiger partial charge in [-0.2, -0.15) is 0 Å². The average Bonchev–Trinajstić information content (AvgIpc) is 2.67. The fourth-order valence-electron chi connectivity index (χ4n) is 1.90. The molecule has 1 aliphatic heterocycles. The highest BCUT2D eigenvalue weighted by molar-refractivity contribution is 9.10. The Labute approximate surface area is 135 Å². The number of phenols is 1. The van der Waals surface area contributed by atoms with Crippen molar-refractivity contribution in [1.29, 1.82) is 0 Å². The average molecular weight is 372 g/mol. The number of methoxy groups -OCH3 is 1. The Morgan fingerprint density at radius 3 is 2.57 bits per heavy atom. The van der Waals surface area contributed by atoms with Crippen LogP contribution < -0.4 is 4.74 Å². The van der Waals surface area contributed by atoms with Gasteiger partial charge in [-0.3, -0.25) is 14.5 Å². The Kier molecular flexibility index (Phi) is 4.63. The molecule has 0 unspecified atom stereocenters. The third kappa shape index (κ3) is 3.08. The molecule has 5 nitrogen and oxygen atoms in total. The third-order valence-electron chi connectivity index (χ3n) is 2.92. The lowest BCUT2D eigenvalue weighted by atomic mass is 10.2. The number of thioether (sulfide) groups is 1. The number of hydrogen-bond donors (Lipinski definition) is 1. The molecule has 1 N–H and O–H groups in total. The summed E-state index contributed by atoms with van der Waals surface area (Å²) in [7, 11) is 1.44. The standard InChI is InChI=1S/C14H14BrNO4S/c1-7(2)16-13(18)12(21-14(16)19)5-8-4-11(20-3)10(17)6-9(8)15/h4-7,17H,1-3H3/b12-5+. The molecule has 7 heteroatoms. The van der Waals surface area contributed by atoms with E-state index in [-0.39, 0.29) is 22.9 Å². The van der Waals surface area contributed by atoms with Crippen molar-refractivity contribution in [3.05, 3.63) is 27.1 Å². The first-order chi connectivity index (χ1) is 9.85. The SMILES string of the molecule is COc1cc(/C=C2/SC(=O)N(C(C)C)C2=O)c(Br)cc1O. The highest BCUT2D eigenvalue weighted by Gasteiger charge is 2.36. The van der Waals surface area contributed by atoms with E-state index in [0.717, 1.165) is 11.8 Å². The van der Waals surface area contributed by atoms with Crippen LogP contribution in [0.5, 0.6) is 11.5 Å². The molecule has 112 valence electrons. The zero-order valence-electron chi connectivity index (χ0n) is 11.7. The van der Waals surface area contributed by atoms with E-state index in [4.69, 9.17) is 4.74 Å². The van der Waals surface area contributed by atoms with Crippen molar-refractivity contribution in [3.8, 4) is 11.5 Å². The maximum absolute atomic E-state index is 12.2. The third-order valence-corrected chi connectivity index (χ3v) is 4.50. The van der Waals surface area contributed by atoms with E-state index in [1.54, 1.807) is 26.0 Å². The highest BCUT2D eigenvalue weighted by Crippen LogP contribution is 2.37. The van der Waals surface area contributed by atoms with Crippen molar-refractivity contribution in [2.45, 2.75) is 19.9 Å². The fraction of sp³-hybridized carbons (Fsp3) is 0.286. The maximum Gasteiger partial charge on any atom is 0.293 e. The van der Waals surface area contributed by atoms with Crippen LogP contribution in [0, 0.1) is 0 Å². The van der Waals surface area contributed by atoms with E-state index in [0.29, 0.717) is 20.7 Å². The molecule has 1 aromatic carbocycles. The van der Waals surface area contributed by atoms with Crippen LogP contribution in [0.15, 0.2) is 21.5 Å². The van der Waals surface area contributed by atoms with Crippen LogP contribution in [0.3, 0.4) is 0 Å². The molecule has 0 bridgehead atoms. The van der Waals surface area contributed by atoms with E-state index in [1.807, 2.05) is 0 Å². The number of amides is 2. The van der Waals surface area contributed by atoms with E-state index in [2.05, 4.69) is 15.9 Å². The lowest BCUT2D eigenvalue weighted by molar-refractivity contribution is -0.123. The molecule has 1 heterocycles. The van der Waals surface area contributed by atoms with Gasteiger partial charge in [-0.05, 0) is 49.4 Å². The lowest BCUT2D eigenvalue weighted by Crippen LogP contribution is -2.34. The van der Waals surface area contributed by atoms with E-state index < -0.39 is 0 Å². The van der Waals surface area contributed by atoms with Gasteiger partial charge in [-0.1, -0.05) is 15.9 Å². The zero-order valence-corrected chi connectivity index (χ0v) is 14.1. The van der Waals surface area contributed by atoms with Gasteiger partial charge >= 0.3 is 0 Å². The van der Waals surface area contributed by atoms with Gasteiger partial charge in [-0.15, -0.1) is 0 Å². The molecule has 0 radical (unpaired) electrons. The van der Waals surface area contributed by atoms with Crippen molar-refractivity contribution >= 4 is 44.9 Å². The Morgan fingerprint density at radius 1 is 1.38 bits per heavy atom. The van der Waals surface area contributed by atoms with Gasteiger partial charge in [0.15, 0.2) is 11.5 Å². The molecule has 0 aliphatic carbocycles. The summed E-state index contributed by atoms with van der Waals surface area (Å²) in [5.74, 6) is -0.0108. The normalized spacial score (nSPS) is 17.2. The second kappa shape index (κ2) is 6.11. The number of hydrogen-bond acceptors (Lipinski definition) is 5. The first-order valence-corrected chi connectivity index (χ1v) is 7.79. The van der Waals surface area contributed by atoms with Crippen molar-refractivity contribution in [2.24, 2.45) is 0 Å². The molecule has 1 aliphatic rings. The molecule has 2 rings (SSSR count). The van der Waals surface area contributed by atoms with Crippen LogP contribution in [0.4, 0.5) is 4.79 Å². The molecular weight excluding hydrogens is 358 g/mol. The molecule has 1 aromatic rings. The molecule has 0 saturated carbocycles. The molecule has 2 amide bonds. The summed E-state index contributed by atoms with van der Waals surface area (Å²) in [6.07, 6.45) is 1.61. The van der Waals surface area contributed by atoms with Crippen molar-refractivity contribution < 1.29 is 19.4 Å². The second-order valence-corrected chi connectivity index (χ2v) is 6.54. The number of halogens is 1. The quantitative estimate of drug-likeness (QED) is 0.822. The number of aromatic hydroxyl groups is 1. The van der Waals surface area contributed by atoms with Crippen molar-refractivity contribution in [1.82, 2.24) is 4.90 Å². The van der Waals surface area contributed by atoms with Gasteiger partial charge in [-0.25, -0.2) is 0 Å². The molecule has 1 fully saturated rings. The molecule has 21 heavy (non-hydrogen) atoms. The van der Waals surface area contributed by atoms with Gasteiger partial charge in [0.25, 0.3) is 11.1 Å². The summed E-state index contributed by atoms with van der Waals surface area (Å²) in [5.41, 5.74) is 0.652. The molecule has 0 atom stereocenters. The van der Waals surface area contributed by atoms with Crippen LogP contribution in [-0.4, -0.2) is 34.3 Å². The lowest BCUT2D eigenvalue weighted by Gasteiger charge is -2.16.